The standard InChI is InChI=1S/C27H31NO2S2/c29-27(22-12-3-5-14-24(22)30-25-15-6-4-13-23(25)27)26(31-18-9-19-32-26)16-7-1-2-10-21-11-8-17-28-20-21/h3-6,12-15,21,28-29H,7-11,16-20H2. The van der Waals surface area contributed by atoms with E-state index in [1.807, 2.05) is 72.1 Å². The number of para-hydroxylation sites is 2. The van der Waals surface area contributed by atoms with E-state index in [0.29, 0.717) is 5.92 Å². The van der Waals surface area contributed by atoms with Crippen LogP contribution in [0.25, 0.3) is 0 Å². The minimum Gasteiger partial charge on any atom is -0.457 e. The van der Waals surface area contributed by atoms with Gasteiger partial charge in [-0.1, -0.05) is 36.4 Å². The molecule has 0 aliphatic carbocycles. The Morgan fingerprint density at radius 1 is 0.969 bits per heavy atom. The van der Waals surface area contributed by atoms with Gasteiger partial charge in [0.05, 0.1) is 4.08 Å². The Bertz CT molecular complexity index is 954. The van der Waals surface area contributed by atoms with Crippen molar-refractivity contribution in [2.45, 2.75) is 48.2 Å². The molecule has 5 heteroatoms. The molecule has 168 valence electrons. The summed E-state index contributed by atoms with van der Waals surface area (Å²) in [5.74, 6) is 11.2. The average molecular weight is 466 g/mol. The van der Waals surface area contributed by atoms with Gasteiger partial charge >= 0.3 is 0 Å². The molecular formula is C27H31NO2S2. The van der Waals surface area contributed by atoms with E-state index in [-0.39, 0.29) is 4.08 Å². The van der Waals surface area contributed by atoms with E-state index in [1.54, 1.807) is 0 Å². The molecule has 1 unspecified atom stereocenters. The molecule has 0 radical (unpaired) electrons. The number of rotatable bonds is 4. The number of benzene rings is 2. The number of piperidine rings is 1. The van der Waals surface area contributed by atoms with E-state index < -0.39 is 5.60 Å². The van der Waals surface area contributed by atoms with Crippen LogP contribution in [0, 0.1) is 17.8 Å². The lowest BCUT2D eigenvalue weighted by Crippen LogP contribution is -2.51. The number of fused-ring (bicyclic) bond motifs is 2. The number of ether oxygens (including phenoxy) is 1. The number of hydrogen-bond acceptors (Lipinski definition) is 5. The van der Waals surface area contributed by atoms with Gasteiger partial charge in [0.15, 0.2) is 0 Å². The van der Waals surface area contributed by atoms with Gasteiger partial charge in [-0.15, -0.1) is 35.4 Å². The lowest BCUT2D eigenvalue weighted by Gasteiger charge is -2.50. The highest BCUT2D eigenvalue weighted by Crippen LogP contribution is 2.62. The van der Waals surface area contributed by atoms with Gasteiger partial charge < -0.3 is 15.2 Å². The van der Waals surface area contributed by atoms with Crippen LogP contribution in [0.4, 0.5) is 0 Å². The zero-order valence-corrected chi connectivity index (χ0v) is 20.1. The van der Waals surface area contributed by atoms with Crippen LogP contribution < -0.4 is 10.1 Å². The fourth-order valence-electron chi connectivity index (χ4n) is 5.12. The maximum atomic E-state index is 12.6. The quantitative estimate of drug-likeness (QED) is 0.561. The first-order valence-corrected chi connectivity index (χ1v) is 13.7. The van der Waals surface area contributed by atoms with E-state index in [1.165, 1.54) is 19.3 Å². The summed E-state index contributed by atoms with van der Waals surface area (Å²) >= 11 is 3.82. The SMILES string of the molecule is OC1(C2(CCC#CCC3CCCNC3)SCCCS2)c2ccccc2Oc2ccccc21. The number of hydrogen-bond donors (Lipinski definition) is 2. The summed E-state index contributed by atoms with van der Waals surface area (Å²) in [6, 6.07) is 16.0. The summed E-state index contributed by atoms with van der Waals surface area (Å²) in [7, 11) is 0. The molecule has 2 N–H and O–H groups in total. The molecule has 0 spiro atoms. The Kier molecular flexibility index (Phi) is 6.76. The summed E-state index contributed by atoms with van der Waals surface area (Å²) in [4.78, 5) is 0. The molecule has 3 aliphatic heterocycles. The van der Waals surface area contributed by atoms with Crippen LogP contribution >= 0.6 is 23.5 Å². The van der Waals surface area contributed by atoms with Crippen molar-refractivity contribution >= 4 is 23.5 Å². The van der Waals surface area contributed by atoms with Crippen molar-refractivity contribution in [2.24, 2.45) is 5.92 Å². The van der Waals surface area contributed by atoms with E-state index in [0.717, 1.165) is 66.5 Å². The number of nitrogens with one attached hydrogen (secondary N) is 1. The topological polar surface area (TPSA) is 41.5 Å². The maximum absolute atomic E-state index is 12.6. The van der Waals surface area contributed by atoms with Crippen LogP contribution in [-0.4, -0.2) is 33.8 Å². The van der Waals surface area contributed by atoms with Crippen molar-refractivity contribution in [1.29, 1.82) is 0 Å². The predicted molar refractivity (Wildman–Crippen MR) is 135 cm³/mol. The zero-order valence-electron chi connectivity index (χ0n) is 18.4. The predicted octanol–water partition coefficient (Wildman–Crippen LogP) is 5.77. The largest absolute Gasteiger partial charge is 0.457 e. The molecule has 3 aliphatic rings. The minimum absolute atomic E-state index is 0.387. The Balaban J connectivity index is 1.45. The van der Waals surface area contributed by atoms with Gasteiger partial charge in [-0.05, 0) is 68.3 Å². The Labute approximate surface area is 200 Å². The minimum atomic E-state index is -1.12. The second-order valence-electron chi connectivity index (χ2n) is 8.88. The summed E-state index contributed by atoms with van der Waals surface area (Å²) in [6.07, 6.45) is 6.34. The molecule has 2 fully saturated rings. The first-order valence-electron chi connectivity index (χ1n) is 11.8. The number of aliphatic hydroxyl groups is 1. The summed E-state index contributed by atoms with van der Waals surface area (Å²) in [5.41, 5.74) is 0.632. The normalized spacial score (nSPS) is 23.1. The van der Waals surface area contributed by atoms with E-state index in [9.17, 15) is 5.11 Å². The highest BCUT2D eigenvalue weighted by molar-refractivity contribution is 8.18. The van der Waals surface area contributed by atoms with Crippen molar-refractivity contribution in [2.75, 3.05) is 24.6 Å². The van der Waals surface area contributed by atoms with Crippen molar-refractivity contribution in [3.05, 3.63) is 59.7 Å². The Morgan fingerprint density at radius 3 is 2.31 bits per heavy atom. The second-order valence-corrected chi connectivity index (χ2v) is 11.9. The van der Waals surface area contributed by atoms with Gasteiger partial charge in [0.2, 0.25) is 0 Å². The molecule has 2 aromatic rings. The molecular weight excluding hydrogens is 434 g/mol. The third-order valence-electron chi connectivity index (χ3n) is 6.78. The van der Waals surface area contributed by atoms with E-state index >= 15 is 0 Å². The summed E-state index contributed by atoms with van der Waals surface area (Å²) in [5, 5.41) is 16.1. The molecule has 2 aromatic carbocycles. The Morgan fingerprint density at radius 2 is 1.66 bits per heavy atom. The van der Waals surface area contributed by atoms with Crippen molar-refractivity contribution in [3.8, 4) is 23.3 Å². The summed E-state index contributed by atoms with van der Waals surface area (Å²) in [6.45, 7) is 2.24. The van der Waals surface area contributed by atoms with Gasteiger partial charge in [0.25, 0.3) is 0 Å². The third-order valence-corrected chi connectivity index (χ3v) is 10.4. The molecule has 0 amide bonds. The van der Waals surface area contributed by atoms with Crippen LogP contribution in [0.5, 0.6) is 11.5 Å². The van der Waals surface area contributed by atoms with Gasteiger partial charge in [-0.25, -0.2) is 0 Å². The first kappa shape index (κ1) is 22.2. The molecule has 0 saturated carbocycles. The van der Waals surface area contributed by atoms with Crippen molar-refractivity contribution in [3.63, 3.8) is 0 Å². The lowest BCUT2D eigenvalue weighted by molar-refractivity contribution is 0.0540. The highest BCUT2D eigenvalue weighted by Gasteiger charge is 2.57. The van der Waals surface area contributed by atoms with Crippen LogP contribution in [-0.2, 0) is 5.60 Å². The van der Waals surface area contributed by atoms with Gasteiger partial charge in [-0.2, -0.15) is 0 Å². The van der Waals surface area contributed by atoms with Gasteiger partial charge in [-0.3, -0.25) is 0 Å². The highest BCUT2D eigenvalue weighted by atomic mass is 32.2. The van der Waals surface area contributed by atoms with Crippen LogP contribution in [0.3, 0.4) is 0 Å². The zero-order chi connectivity index (χ0) is 21.9. The average Bonchev–Trinajstić information content (AvgIpc) is 2.85. The molecule has 3 heterocycles. The molecule has 3 nitrogen and oxygen atoms in total. The third kappa shape index (κ3) is 4.07. The monoisotopic (exact) mass is 465 g/mol. The fraction of sp³-hybridized carbons (Fsp3) is 0.481. The number of thioether (sulfide) groups is 2. The molecule has 1 atom stereocenters. The van der Waals surface area contributed by atoms with E-state index in [4.69, 9.17) is 4.74 Å². The lowest BCUT2D eigenvalue weighted by atomic mass is 9.78. The van der Waals surface area contributed by atoms with Crippen molar-refractivity contribution in [1.82, 2.24) is 5.32 Å². The molecule has 0 bridgehead atoms. The maximum Gasteiger partial charge on any atom is 0.145 e. The second kappa shape index (κ2) is 9.73. The Hall–Kier alpha value is -1.58. The molecule has 0 aromatic heterocycles. The van der Waals surface area contributed by atoms with Gasteiger partial charge in [0, 0.05) is 24.0 Å². The van der Waals surface area contributed by atoms with Crippen molar-refractivity contribution < 1.29 is 9.84 Å². The first-order chi connectivity index (χ1) is 15.7. The fourth-order valence-corrected chi connectivity index (χ4v) is 8.73. The smallest absolute Gasteiger partial charge is 0.145 e. The van der Waals surface area contributed by atoms with Crippen LogP contribution in [0.2, 0.25) is 0 Å². The van der Waals surface area contributed by atoms with Crippen LogP contribution in [0.1, 0.15) is 49.7 Å². The summed E-state index contributed by atoms with van der Waals surface area (Å²) < 4.78 is 5.82. The molecule has 5 rings (SSSR count). The van der Waals surface area contributed by atoms with E-state index in [2.05, 4.69) is 17.2 Å². The molecule has 2 saturated heterocycles. The molecule has 32 heavy (non-hydrogen) atoms. The van der Waals surface area contributed by atoms with Crippen LogP contribution in [0.15, 0.2) is 48.5 Å². The van der Waals surface area contributed by atoms with Gasteiger partial charge in [0.1, 0.15) is 17.1 Å².